The second kappa shape index (κ2) is 10.4. The zero-order chi connectivity index (χ0) is 7.70. The molecule has 0 fully saturated rings. The summed E-state index contributed by atoms with van der Waals surface area (Å²) in [6.07, 6.45) is 0. The van der Waals surface area contributed by atoms with Gasteiger partial charge in [-0.1, -0.05) is 0 Å². The molecule has 0 saturated heterocycles. The summed E-state index contributed by atoms with van der Waals surface area (Å²) in [5.41, 5.74) is 0. The first-order valence-electron chi connectivity index (χ1n) is 1.64. The fourth-order valence-electron chi connectivity index (χ4n) is 0.0151. The molecule has 0 radical (unpaired) electrons. The van der Waals surface area contributed by atoms with Crippen molar-refractivity contribution in [2.24, 2.45) is 0 Å². The van der Waals surface area contributed by atoms with Crippen LogP contribution in [0.15, 0.2) is 0 Å². The molecule has 0 aromatic rings. The van der Waals surface area contributed by atoms with Crippen LogP contribution < -0.4 is 0 Å². The molecular formula is C4H3ClCuN2O. The quantitative estimate of drug-likeness (QED) is 0.423. The summed E-state index contributed by atoms with van der Waals surface area (Å²) in [5, 5.41) is 14.7. The molecule has 0 saturated carbocycles. The predicted octanol–water partition coefficient (Wildman–Crippen LogP) is 0.803. The first kappa shape index (κ1) is 11.3. The Balaban J connectivity index is 0. The monoisotopic (exact) mass is 193 g/mol. The first-order chi connectivity index (χ1) is 4.15. The van der Waals surface area contributed by atoms with Gasteiger partial charge in [-0.15, -0.1) is 0 Å². The van der Waals surface area contributed by atoms with Crippen LogP contribution in [0.25, 0.3) is 0 Å². The van der Waals surface area contributed by atoms with Crippen LogP contribution in [-0.2, 0) is 19.8 Å². The summed E-state index contributed by atoms with van der Waals surface area (Å²) in [6, 6.07) is 0. The Bertz CT molecular complexity index is 141. The van der Waals surface area contributed by atoms with Crippen LogP contribution in [-0.4, -0.2) is 5.24 Å². The molecule has 0 aliphatic carbocycles. The van der Waals surface area contributed by atoms with Crippen molar-refractivity contribution in [3.63, 3.8) is 0 Å². The summed E-state index contributed by atoms with van der Waals surface area (Å²) >= 11 is 5.28. The number of hydrogen-bond donors (Lipinski definition) is 0. The van der Waals surface area contributed by atoms with E-state index in [0.29, 0.717) is 15.0 Å². The predicted molar refractivity (Wildman–Crippen MR) is 27.8 cm³/mol. The number of hydrogen-bond acceptors (Lipinski definition) is 3. The van der Waals surface area contributed by atoms with E-state index in [1.165, 1.54) is 6.92 Å². The van der Waals surface area contributed by atoms with Crippen LogP contribution in [0.4, 0.5) is 0 Å². The summed E-state index contributed by atoms with van der Waals surface area (Å²) in [7, 11) is 0. The van der Waals surface area contributed by atoms with Gasteiger partial charge in [-0.3, -0.25) is 4.79 Å². The van der Waals surface area contributed by atoms with Gasteiger partial charge in [0.25, 0.3) is 0 Å². The van der Waals surface area contributed by atoms with Gasteiger partial charge in [0.2, 0.25) is 5.24 Å². The SMILES string of the molecule is CC(=O)Cl.N#[C][Cu][C]#N. The van der Waals surface area contributed by atoms with E-state index in [9.17, 15) is 4.79 Å². The molecule has 0 bridgehead atoms. The molecule has 0 aliphatic rings. The summed E-state index contributed by atoms with van der Waals surface area (Å²) in [4.78, 5) is 12.3. The van der Waals surface area contributed by atoms with E-state index in [4.69, 9.17) is 10.5 Å². The Kier molecular flexibility index (Phi) is 13.1. The molecule has 0 N–H and O–H groups in total. The molecule has 0 amide bonds. The normalized spacial score (nSPS) is 5.78. The van der Waals surface area contributed by atoms with E-state index >= 15 is 0 Å². The van der Waals surface area contributed by atoms with Crippen molar-refractivity contribution in [1.82, 2.24) is 0 Å². The van der Waals surface area contributed by atoms with Crippen molar-refractivity contribution >= 4 is 16.8 Å². The van der Waals surface area contributed by atoms with Gasteiger partial charge in [0.1, 0.15) is 0 Å². The van der Waals surface area contributed by atoms with Crippen molar-refractivity contribution in [3.05, 3.63) is 0 Å². The zero-order valence-electron chi connectivity index (χ0n) is 4.48. The Morgan fingerprint density at radius 3 is 1.78 bits per heavy atom. The Morgan fingerprint density at radius 2 is 1.78 bits per heavy atom. The van der Waals surface area contributed by atoms with Gasteiger partial charge >= 0.3 is 35.4 Å². The summed E-state index contributed by atoms with van der Waals surface area (Å²) < 4.78 is 0. The third-order valence-electron chi connectivity index (χ3n) is 0.0674. The van der Waals surface area contributed by atoms with Crippen molar-refractivity contribution in [2.75, 3.05) is 0 Å². The zero-order valence-corrected chi connectivity index (χ0v) is 6.18. The second-order valence-electron chi connectivity index (χ2n) is 0.680. The maximum atomic E-state index is 9.21. The average Bonchev–Trinajstić information content (AvgIpc) is 1.66. The van der Waals surface area contributed by atoms with Crippen molar-refractivity contribution in [3.8, 4) is 9.94 Å². The summed E-state index contributed by atoms with van der Waals surface area (Å²) in [5.74, 6) is 0. The molecule has 9 heavy (non-hydrogen) atoms. The molecule has 3 nitrogen and oxygen atoms in total. The fraction of sp³-hybridized carbons (Fsp3) is 0.250. The average molecular weight is 194 g/mol. The Morgan fingerprint density at radius 1 is 1.56 bits per heavy atom. The maximum absolute atomic E-state index is 9.21. The van der Waals surface area contributed by atoms with E-state index in [1.54, 1.807) is 9.94 Å². The molecule has 0 aromatic carbocycles. The molecule has 0 aromatic heterocycles. The Labute approximate surface area is 64.4 Å². The number of carbonyl (C=O) groups is 1. The molecule has 0 aliphatic heterocycles. The fourth-order valence-corrected chi connectivity index (χ4v) is 0.0622. The number of carbonyl (C=O) groups excluding carboxylic acids is 1. The van der Waals surface area contributed by atoms with Crippen LogP contribution >= 0.6 is 11.6 Å². The van der Waals surface area contributed by atoms with Crippen molar-refractivity contribution < 1.29 is 19.8 Å². The topological polar surface area (TPSA) is 64.7 Å². The molecule has 5 heteroatoms. The van der Waals surface area contributed by atoms with Gasteiger partial charge in [0, 0.05) is 6.92 Å². The second-order valence-corrected chi connectivity index (χ2v) is 1.87. The molecule has 0 spiro atoms. The van der Waals surface area contributed by atoms with E-state index in [-0.39, 0.29) is 5.24 Å². The molecule has 0 unspecified atom stereocenters. The minimum absolute atomic E-state index is 0.361. The van der Waals surface area contributed by atoms with Crippen LogP contribution in [0.5, 0.6) is 0 Å². The van der Waals surface area contributed by atoms with Crippen molar-refractivity contribution in [1.29, 1.82) is 10.5 Å². The molecule has 0 rings (SSSR count). The van der Waals surface area contributed by atoms with E-state index < -0.39 is 0 Å². The molecule has 0 heterocycles. The van der Waals surface area contributed by atoms with Gasteiger partial charge in [-0.25, -0.2) is 0 Å². The molecule has 53 valence electrons. The summed E-state index contributed by atoms with van der Waals surface area (Å²) in [6.45, 7) is 1.29. The first-order valence-corrected chi connectivity index (χ1v) is 2.96. The Hall–Kier alpha value is -0.541. The molecule has 0 atom stereocenters. The van der Waals surface area contributed by atoms with Gasteiger partial charge in [-0.05, 0) is 11.6 Å². The van der Waals surface area contributed by atoms with Gasteiger partial charge < -0.3 is 0 Å². The third kappa shape index (κ3) is 104. The van der Waals surface area contributed by atoms with Gasteiger partial charge in [-0.2, -0.15) is 0 Å². The number of nitriles is 2. The van der Waals surface area contributed by atoms with Gasteiger partial charge in [0.15, 0.2) is 0 Å². The molecular weight excluding hydrogens is 191 g/mol. The third-order valence-corrected chi connectivity index (χ3v) is 0.278. The minimum atomic E-state index is -0.361. The van der Waals surface area contributed by atoms with Crippen LogP contribution in [0.3, 0.4) is 0 Å². The van der Waals surface area contributed by atoms with Gasteiger partial charge in [0.05, 0.1) is 0 Å². The van der Waals surface area contributed by atoms with Crippen LogP contribution in [0.1, 0.15) is 6.92 Å². The van der Waals surface area contributed by atoms with Crippen LogP contribution in [0.2, 0.25) is 0 Å². The van der Waals surface area contributed by atoms with E-state index in [0.717, 1.165) is 0 Å². The van der Waals surface area contributed by atoms with E-state index in [2.05, 4.69) is 11.6 Å². The number of nitrogens with zero attached hydrogens (tertiary/aromatic N) is 2. The number of rotatable bonds is 0. The standard InChI is InChI=1S/C2H3ClO.2CN.Cu/c1-2(3)4;2*1-2;/h1H3;;;. The van der Waals surface area contributed by atoms with Crippen LogP contribution in [0, 0.1) is 20.5 Å². The number of halogens is 1. The van der Waals surface area contributed by atoms with E-state index in [1.807, 2.05) is 0 Å². The van der Waals surface area contributed by atoms with Crippen molar-refractivity contribution in [2.45, 2.75) is 6.92 Å².